The van der Waals surface area contributed by atoms with Gasteiger partial charge in [-0.3, -0.25) is 0 Å². The van der Waals surface area contributed by atoms with Crippen LogP contribution in [0.5, 0.6) is 0 Å². The number of hydrogen-bond acceptors (Lipinski definition) is 2. The van der Waals surface area contributed by atoms with E-state index in [9.17, 15) is 5.11 Å². The van der Waals surface area contributed by atoms with E-state index in [0.717, 1.165) is 29.9 Å². The van der Waals surface area contributed by atoms with Crippen molar-refractivity contribution in [2.24, 2.45) is 17.8 Å². The minimum atomic E-state index is -0.364. The fourth-order valence-electron chi connectivity index (χ4n) is 5.42. The maximum Gasteiger partial charge on any atom is 0.126 e. The second-order valence-electron chi connectivity index (χ2n) is 9.67. The molecule has 3 nitrogen and oxygen atoms in total. The zero-order chi connectivity index (χ0) is 19.3. The van der Waals surface area contributed by atoms with E-state index in [2.05, 4.69) is 51.1 Å². The zero-order valence-electron chi connectivity index (χ0n) is 17.6. The van der Waals surface area contributed by atoms with Gasteiger partial charge >= 0.3 is 0 Å². The molecule has 3 heteroatoms. The van der Waals surface area contributed by atoms with Crippen molar-refractivity contribution in [2.75, 3.05) is 26.2 Å². The van der Waals surface area contributed by atoms with Gasteiger partial charge in [-0.25, -0.2) is 0 Å². The van der Waals surface area contributed by atoms with Gasteiger partial charge in [0.25, 0.3) is 0 Å². The summed E-state index contributed by atoms with van der Waals surface area (Å²) in [5.74, 6) is 2.06. The Kier molecular flexibility index (Phi) is 7.35. The summed E-state index contributed by atoms with van der Waals surface area (Å²) in [5, 5.41) is 10.8. The first-order chi connectivity index (χ1) is 13.0. The Balaban J connectivity index is 1.55. The van der Waals surface area contributed by atoms with Crippen LogP contribution >= 0.6 is 0 Å². The van der Waals surface area contributed by atoms with Crippen molar-refractivity contribution < 1.29 is 14.3 Å². The minimum absolute atomic E-state index is 0.324. The summed E-state index contributed by atoms with van der Waals surface area (Å²) in [5.41, 5.74) is 1.38. The summed E-state index contributed by atoms with van der Waals surface area (Å²) >= 11 is 0. The Labute approximate surface area is 166 Å². The number of ether oxygens (including phenoxy) is 1. The van der Waals surface area contributed by atoms with Crippen LogP contribution in [0.4, 0.5) is 0 Å². The Morgan fingerprint density at radius 1 is 1.11 bits per heavy atom. The summed E-state index contributed by atoms with van der Waals surface area (Å²) in [6, 6.07) is 10.8. The molecule has 3 rings (SSSR count). The molecule has 1 aromatic rings. The van der Waals surface area contributed by atoms with Crippen molar-refractivity contribution in [1.82, 2.24) is 0 Å². The number of rotatable bonds is 8. The van der Waals surface area contributed by atoms with E-state index in [1.807, 2.05) is 0 Å². The van der Waals surface area contributed by atoms with Crippen molar-refractivity contribution in [3.63, 3.8) is 0 Å². The van der Waals surface area contributed by atoms with Gasteiger partial charge in [-0.2, -0.15) is 0 Å². The molecular weight excluding hydrogens is 334 g/mol. The third kappa shape index (κ3) is 5.79. The first kappa shape index (κ1) is 20.8. The van der Waals surface area contributed by atoms with Crippen LogP contribution in [-0.4, -0.2) is 48.0 Å². The van der Waals surface area contributed by atoms with Crippen molar-refractivity contribution >= 4 is 0 Å². The van der Waals surface area contributed by atoms with Gasteiger partial charge in [0.15, 0.2) is 0 Å². The SMILES string of the molecule is CC(C)[C@H]1CC[C@H](C)C[C@H]1OC[C@H](O)C[N+]1(Cc2ccccc2)CCCC1. The van der Waals surface area contributed by atoms with E-state index in [1.165, 1.54) is 44.3 Å². The predicted molar refractivity (Wildman–Crippen MR) is 111 cm³/mol. The van der Waals surface area contributed by atoms with Gasteiger partial charge in [-0.05, 0) is 30.6 Å². The van der Waals surface area contributed by atoms with Crippen LogP contribution in [0, 0.1) is 17.8 Å². The van der Waals surface area contributed by atoms with Gasteiger partial charge in [0.2, 0.25) is 0 Å². The summed E-state index contributed by atoms with van der Waals surface area (Å²) in [7, 11) is 0. The third-order valence-electron chi connectivity index (χ3n) is 6.94. The highest BCUT2D eigenvalue weighted by atomic mass is 16.5. The molecule has 1 N–H and O–H groups in total. The normalized spacial score (nSPS) is 29.1. The number of quaternary nitrogens is 1. The number of benzene rings is 1. The molecule has 2 aliphatic rings. The number of aliphatic hydroxyl groups excluding tert-OH is 1. The molecule has 152 valence electrons. The average Bonchev–Trinajstić information content (AvgIpc) is 3.08. The summed E-state index contributed by atoms with van der Waals surface area (Å²) in [4.78, 5) is 0. The molecule has 0 spiro atoms. The van der Waals surface area contributed by atoms with E-state index in [0.29, 0.717) is 24.5 Å². The van der Waals surface area contributed by atoms with E-state index in [1.54, 1.807) is 0 Å². The molecule has 4 atom stereocenters. The average molecular weight is 375 g/mol. The largest absolute Gasteiger partial charge is 0.385 e. The second-order valence-corrected chi connectivity index (χ2v) is 9.67. The van der Waals surface area contributed by atoms with Gasteiger partial charge in [0.05, 0.1) is 25.8 Å². The van der Waals surface area contributed by atoms with Crippen LogP contribution in [0.1, 0.15) is 58.4 Å². The van der Waals surface area contributed by atoms with Crippen LogP contribution in [0.2, 0.25) is 0 Å². The first-order valence-electron chi connectivity index (χ1n) is 11.2. The molecular formula is C24H40NO2+. The monoisotopic (exact) mass is 374 g/mol. The number of aliphatic hydroxyl groups is 1. The quantitative estimate of drug-likeness (QED) is 0.672. The lowest BCUT2D eigenvalue weighted by Crippen LogP contribution is -2.50. The molecule has 0 aromatic heterocycles. The van der Waals surface area contributed by atoms with Gasteiger partial charge in [-0.1, -0.05) is 57.5 Å². The second kappa shape index (κ2) is 9.54. The molecule has 1 saturated heterocycles. The minimum Gasteiger partial charge on any atom is -0.385 e. The van der Waals surface area contributed by atoms with E-state index < -0.39 is 0 Å². The molecule has 1 aliphatic carbocycles. The molecule has 1 aliphatic heterocycles. The standard InChI is InChI=1S/C24H40NO2/c1-19(2)23-12-11-20(3)15-24(23)27-18-22(26)17-25(13-7-8-14-25)16-21-9-5-4-6-10-21/h4-6,9-10,19-20,22-24,26H,7-8,11-18H2,1-3H3/q+1/t20-,22+,23+,24+/m0/s1. The van der Waals surface area contributed by atoms with Crippen LogP contribution in [-0.2, 0) is 11.3 Å². The maximum atomic E-state index is 10.8. The van der Waals surface area contributed by atoms with Gasteiger partial charge in [-0.15, -0.1) is 0 Å². The molecule has 0 unspecified atom stereocenters. The molecule has 1 aromatic carbocycles. The lowest BCUT2D eigenvalue weighted by atomic mass is 9.75. The molecule has 0 amide bonds. The van der Waals surface area contributed by atoms with E-state index in [4.69, 9.17) is 4.74 Å². The molecule has 1 heterocycles. The van der Waals surface area contributed by atoms with Crippen LogP contribution in [0.25, 0.3) is 0 Å². The Morgan fingerprint density at radius 2 is 1.81 bits per heavy atom. The topological polar surface area (TPSA) is 29.5 Å². The highest BCUT2D eigenvalue weighted by Gasteiger charge is 2.36. The van der Waals surface area contributed by atoms with Crippen LogP contribution in [0.15, 0.2) is 30.3 Å². The van der Waals surface area contributed by atoms with Crippen molar-refractivity contribution in [3.05, 3.63) is 35.9 Å². The van der Waals surface area contributed by atoms with Gasteiger partial charge < -0.3 is 14.3 Å². The first-order valence-corrected chi connectivity index (χ1v) is 11.2. The molecule has 0 radical (unpaired) electrons. The lowest BCUT2D eigenvalue weighted by Gasteiger charge is -2.39. The highest BCUT2D eigenvalue weighted by molar-refractivity contribution is 5.13. The summed E-state index contributed by atoms with van der Waals surface area (Å²) < 4.78 is 7.35. The van der Waals surface area contributed by atoms with Crippen molar-refractivity contribution in [1.29, 1.82) is 0 Å². The Hall–Kier alpha value is -0.900. The van der Waals surface area contributed by atoms with Gasteiger partial charge in [0, 0.05) is 18.4 Å². The fraction of sp³-hybridized carbons (Fsp3) is 0.750. The van der Waals surface area contributed by atoms with Crippen LogP contribution < -0.4 is 0 Å². The van der Waals surface area contributed by atoms with E-state index in [-0.39, 0.29) is 6.10 Å². The lowest BCUT2D eigenvalue weighted by molar-refractivity contribution is -0.932. The number of nitrogens with zero attached hydrogens (tertiary/aromatic N) is 1. The Morgan fingerprint density at radius 3 is 2.48 bits per heavy atom. The molecule has 2 fully saturated rings. The predicted octanol–water partition coefficient (Wildman–Crippen LogP) is 4.64. The zero-order valence-corrected chi connectivity index (χ0v) is 17.6. The third-order valence-corrected chi connectivity index (χ3v) is 6.94. The molecule has 27 heavy (non-hydrogen) atoms. The molecule has 0 bridgehead atoms. The van der Waals surface area contributed by atoms with E-state index >= 15 is 0 Å². The maximum absolute atomic E-state index is 10.8. The molecule has 1 saturated carbocycles. The summed E-state index contributed by atoms with van der Waals surface area (Å²) in [6.45, 7) is 11.7. The van der Waals surface area contributed by atoms with Gasteiger partial charge in [0.1, 0.15) is 19.2 Å². The highest BCUT2D eigenvalue weighted by Crippen LogP contribution is 2.35. The summed E-state index contributed by atoms with van der Waals surface area (Å²) in [6.07, 6.45) is 6.25. The van der Waals surface area contributed by atoms with Crippen molar-refractivity contribution in [3.8, 4) is 0 Å². The van der Waals surface area contributed by atoms with Crippen molar-refractivity contribution in [2.45, 2.75) is 71.6 Å². The number of likely N-dealkylation sites (tertiary alicyclic amines) is 1. The Bertz CT molecular complexity index is 553. The fourth-order valence-corrected chi connectivity index (χ4v) is 5.42. The van der Waals surface area contributed by atoms with Crippen LogP contribution in [0.3, 0.4) is 0 Å². The smallest absolute Gasteiger partial charge is 0.126 e. The number of hydrogen-bond donors (Lipinski definition) is 1.